The van der Waals surface area contributed by atoms with Crippen LogP contribution in [0.5, 0.6) is 0 Å². The Morgan fingerprint density at radius 2 is 2.50 bits per heavy atom. The summed E-state index contributed by atoms with van der Waals surface area (Å²) in [6, 6.07) is 0.415. The number of aromatic nitrogens is 2. The Morgan fingerprint density at radius 3 is 3.00 bits per heavy atom. The van der Waals surface area contributed by atoms with E-state index in [-0.39, 0.29) is 5.91 Å². The first-order valence-corrected chi connectivity index (χ1v) is 4.05. The maximum atomic E-state index is 11.3. The molecule has 12 heavy (non-hydrogen) atoms. The molecule has 1 aromatic rings. The highest BCUT2D eigenvalue weighted by molar-refractivity contribution is 5.94. The fourth-order valence-corrected chi connectivity index (χ4v) is 1.03. The van der Waals surface area contributed by atoms with E-state index in [0.29, 0.717) is 11.6 Å². The van der Waals surface area contributed by atoms with Crippen molar-refractivity contribution in [2.24, 2.45) is 7.05 Å². The zero-order chi connectivity index (χ0) is 8.55. The average Bonchev–Trinajstić information content (AvgIpc) is 2.72. The van der Waals surface area contributed by atoms with Crippen LogP contribution in [-0.2, 0) is 7.05 Å². The molecule has 1 amide bonds. The molecular formula is C8H11N3O. The third kappa shape index (κ3) is 1.47. The Kier molecular flexibility index (Phi) is 1.60. The molecule has 1 fully saturated rings. The Labute approximate surface area is 70.6 Å². The monoisotopic (exact) mass is 165 g/mol. The summed E-state index contributed by atoms with van der Waals surface area (Å²) in [6.45, 7) is 0. The number of carbonyl (C=O) groups excluding carboxylic acids is 1. The SMILES string of the molecule is Cn1cc(C(=O)NC2CC2)cn1. The van der Waals surface area contributed by atoms with Gasteiger partial charge in [-0.3, -0.25) is 9.48 Å². The van der Waals surface area contributed by atoms with Crippen molar-refractivity contribution in [1.29, 1.82) is 0 Å². The molecule has 1 aromatic heterocycles. The van der Waals surface area contributed by atoms with Gasteiger partial charge in [-0.05, 0) is 12.8 Å². The molecule has 0 aliphatic heterocycles. The van der Waals surface area contributed by atoms with Crippen LogP contribution in [0.3, 0.4) is 0 Å². The van der Waals surface area contributed by atoms with Crippen LogP contribution in [-0.4, -0.2) is 21.7 Å². The fraction of sp³-hybridized carbons (Fsp3) is 0.500. The molecule has 0 aromatic carbocycles. The predicted octanol–water partition coefficient (Wildman–Crippen LogP) is 0.312. The zero-order valence-electron chi connectivity index (χ0n) is 6.95. The second-order valence-corrected chi connectivity index (χ2v) is 3.15. The molecule has 1 saturated carbocycles. The second-order valence-electron chi connectivity index (χ2n) is 3.15. The average molecular weight is 165 g/mol. The zero-order valence-corrected chi connectivity index (χ0v) is 6.95. The summed E-state index contributed by atoms with van der Waals surface area (Å²) in [5, 5.41) is 6.81. The summed E-state index contributed by atoms with van der Waals surface area (Å²) < 4.78 is 1.63. The van der Waals surface area contributed by atoms with E-state index in [1.807, 2.05) is 0 Å². The number of hydrogen-bond donors (Lipinski definition) is 1. The number of amides is 1. The van der Waals surface area contributed by atoms with Gasteiger partial charge in [-0.2, -0.15) is 5.10 Å². The van der Waals surface area contributed by atoms with Crippen molar-refractivity contribution in [1.82, 2.24) is 15.1 Å². The molecule has 0 atom stereocenters. The van der Waals surface area contributed by atoms with Crippen LogP contribution in [0.2, 0.25) is 0 Å². The van der Waals surface area contributed by atoms with E-state index in [1.165, 1.54) is 0 Å². The van der Waals surface area contributed by atoms with Gasteiger partial charge in [-0.25, -0.2) is 0 Å². The van der Waals surface area contributed by atoms with Crippen LogP contribution in [0.25, 0.3) is 0 Å². The third-order valence-electron chi connectivity index (χ3n) is 1.88. The molecule has 1 aliphatic carbocycles. The first kappa shape index (κ1) is 7.34. The van der Waals surface area contributed by atoms with Crippen LogP contribution >= 0.6 is 0 Å². The van der Waals surface area contributed by atoms with Crippen molar-refractivity contribution < 1.29 is 4.79 Å². The molecule has 1 heterocycles. The second kappa shape index (κ2) is 2.62. The van der Waals surface area contributed by atoms with E-state index in [4.69, 9.17) is 0 Å². The van der Waals surface area contributed by atoms with Gasteiger partial charge in [0.1, 0.15) is 0 Å². The van der Waals surface area contributed by atoms with Gasteiger partial charge in [0.15, 0.2) is 0 Å². The van der Waals surface area contributed by atoms with Crippen molar-refractivity contribution in [2.45, 2.75) is 18.9 Å². The lowest BCUT2D eigenvalue weighted by Crippen LogP contribution is -2.24. The van der Waals surface area contributed by atoms with Crippen molar-refractivity contribution in [3.8, 4) is 0 Å². The van der Waals surface area contributed by atoms with Gasteiger partial charge >= 0.3 is 0 Å². The Bertz CT molecular complexity index is 301. The minimum Gasteiger partial charge on any atom is -0.349 e. The highest BCUT2D eigenvalue weighted by atomic mass is 16.1. The molecule has 64 valence electrons. The van der Waals surface area contributed by atoms with Crippen LogP contribution < -0.4 is 5.32 Å². The molecule has 0 saturated heterocycles. The smallest absolute Gasteiger partial charge is 0.254 e. The first-order valence-electron chi connectivity index (χ1n) is 4.05. The molecule has 0 bridgehead atoms. The van der Waals surface area contributed by atoms with E-state index in [2.05, 4.69) is 10.4 Å². The van der Waals surface area contributed by atoms with Crippen LogP contribution in [0.15, 0.2) is 12.4 Å². The number of nitrogens with zero attached hydrogens (tertiary/aromatic N) is 2. The molecule has 1 N–H and O–H groups in total. The minimum absolute atomic E-state index is 0.00870. The van der Waals surface area contributed by atoms with E-state index in [1.54, 1.807) is 24.1 Å². The van der Waals surface area contributed by atoms with E-state index in [9.17, 15) is 4.79 Å². The maximum absolute atomic E-state index is 11.3. The largest absolute Gasteiger partial charge is 0.349 e. The van der Waals surface area contributed by atoms with Crippen molar-refractivity contribution >= 4 is 5.91 Å². The van der Waals surface area contributed by atoms with Crippen molar-refractivity contribution in [2.75, 3.05) is 0 Å². The molecule has 2 rings (SSSR count). The molecular weight excluding hydrogens is 154 g/mol. The molecule has 4 nitrogen and oxygen atoms in total. The summed E-state index contributed by atoms with van der Waals surface area (Å²) in [7, 11) is 1.80. The van der Waals surface area contributed by atoms with Crippen LogP contribution in [0.4, 0.5) is 0 Å². The van der Waals surface area contributed by atoms with Gasteiger partial charge in [0.25, 0.3) is 5.91 Å². The molecule has 4 heteroatoms. The van der Waals surface area contributed by atoms with Gasteiger partial charge in [0.2, 0.25) is 0 Å². The normalized spacial score (nSPS) is 16.1. The quantitative estimate of drug-likeness (QED) is 0.685. The van der Waals surface area contributed by atoms with Crippen molar-refractivity contribution in [3.05, 3.63) is 18.0 Å². The Hall–Kier alpha value is -1.32. The lowest BCUT2D eigenvalue weighted by molar-refractivity contribution is 0.0951. The lowest BCUT2D eigenvalue weighted by Gasteiger charge is -1.97. The highest BCUT2D eigenvalue weighted by Gasteiger charge is 2.24. The maximum Gasteiger partial charge on any atom is 0.254 e. The number of nitrogens with one attached hydrogen (secondary N) is 1. The summed E-state index contributed by atoms with van der Waals surface area (Å²) in [4.78, 5) is 11.3. The molecule has 0 radical (unpaired) electrons. The molecule has 0 spiro atoms. The highest BCUT2D eigenvalue weighted by Crippen LogP contribution is 2.19. The standard InChI is InChI=1S/C8H11N3O/c1-11-5-6(4-9-11)8(12)10-7-2-3-7/h4-5,7H,2-3H2,1H3,(H,10,12). The van der Waals surface area contributed by atoms with Gasteiger partial charge in [-0.15, -0.1) is 0 Å². The topological polar surface area (TPSA) is 46.9 Å². The molecule has 1 aliphatic rings. The van der Waals surface area contributed by atoms with Crippen molar-refractivity contribution in [3.63, 3.8) is 0 Å². The lowest BCUT2D eigenvalue weighted by atomic mass is 10.3. The minimum atomic E-state index is -0.00870. The Balaban J connectivity index is 2.03. The number of carbonyl (C=O) groups is 1. The van der Waals surface area contributed by atoms with Crippen LogP contribution in [0.1, 0.15) is 23.2 Å². The van der Waals surface area contributed by atoms with E-state index in [0.717, 1.165) is 12.8 Å². The first-order chi connectivity index (χ1) is 5.75. The summed E-state index contributed by atoms with van der Waals surface area (Å²) in [6.07, 6.45) is 5.54. The fourth-order valence-electron chi connectivity index (χ4n) is 1.03. The third-order valence-corrected chi connectivity index (χ3v) is 1.88. The summed E-state index contributed by atoms with van der Waals surface area (Å²) >= 11 is 0. The van der Waals surface area contributed by atoms with Crippen LogP contribution in [0, 0.1) is 0 Å². The number of hydrogen-bond acceptors (Lipinski definition) is 2. The van der Waals surface area contributed by atoms with Gasteiger partial charge in [0, 0.05) is 19.3 Å². The van der Waals surface area contributed by atoms with Gasteiger partial charge in [-0.1, -0.05) is 0 Å². The summed E-state index contributed by atoms with van der Waals surface area (Å²) in [5.41, 5.74) is 0.643. The predicted molar refractivity (Wildman–Crippen MR) is 43.7 cm³/mol. The van der Waals surface area contributed by atoms with Gasteiger partial charge in [0.05, 0.1) is 11.8 Å². The number of aryl methyl sites for hydroxylation is 1. The van der Waals surface area contributed by atoms with Gasteiger partial charge < -0.3 is 5.32 Å². The summed E-state index contributed by atoms with van der Waals surface area (Å²) in [5.74, 6) is -0.00870. The van der Waals surface area contributed by atoms with E-state index >= 15 is 0 Å². The Morgan fingerprint density at radius 1 is 1.75 bits per heavy atom. The molecule has 0 unspecified atom stereocenters. The number of rotatable bonds is 2. The van der Waals surface area contributed by atoms with E-state index < -0.39 is 0 Å².